The molecule has 0 saturated carbocycles. The normalized spacial score (nSPS) is 11.3. The van der Waals surface area contributed by atoms with Crippen LogP contribution in [-0.2, 0) is 25.9 Å². The van der Waals surface area contributed by atoms with E-state index in [1.54, 1.807) is 11.0 Å². The molecule has 3 heterocycles. The minimum absolute atomic E-state index is 0.366. The fourth-order valence-corrected chi connectivity index (χ4v) is 2.41. The Kier molecular flexibility index (Phi) is 3.40. The summed E-state index contributed by atoms with van der Waals surface area (Å²) in [6.07, 6.45) is 4.27. The lowest BCUT2D eigenvalue weighted by Crippen LogP contribution is -2.07. The van der Waals surface area contributed by atoms with Crippen LogP contribution in [-0.4, -0.2) is 29.3 Å². The number of imidazole rings is 1. The summed E-state index contributed by atoms with van der Waals surface area (Å²) < 4.78 is 3.74. The first-order valence-corrected chi connectivity index (χ1v) is 6.93. The van der Waals surface area contributed by atoms with E-state index < -0.39 is 0 Å². The second-order valence-corrected chi connectivity index (χ2v) is 5.02. The number of pyridine rings is 1. The molecule has 0 N–H and O–H groups in total. The highest BCUT2D eigenvalue weighted by Crippen LogP contribution is 2.17. The molecule has 0 aliphatic carbocycles. The van der Waals surface area contributed by atoms with E-state index in [1.165, 1.54) is 0 Å². The van der Waals surface area contributed by atoms with Crippen LogP contribution in [0.15, 0.2) is 18.6 Å². The van der Waals surface area contributed by atoms with Crippen molar-refractivity contribution >= 4 is 22.8 Å². The Balaban J connectivity index is 1.93. The van der Waals surface area contributed by atoms with Crippen LogP contribution in [0.1, 0.15) is 17.2 Å². The number of rotatable bonds is 4. The maximum atomic E-state index is 5.98. The summed E-state index contributed by atoms with van der Waals surface area (Å²) in [6.45, 7) is 2.72. The van der Waals surface area contributed by atoms with Crippen LogP contribution in [0.25, 0.3) is 11.2 Å². The third-order valence-corrected chi connectivity index (χ3v) is 3.37. The van der Waals surface area contributed by atoms with E-state index in [9.17, 15) is 0 Å². The summed E-state index contributed by atoms with van der Waals surface area (Å²) in [4.78, 5) is 13.2. The number of aromatic nitrogens is 6. The minimum Gasteiger partial charge on any atom is -0.311 e. The Morgan fingerprint density at radius 2 is 2.15 bits per heavy atom. The molecule has 0 aliphatic rings. The zero-order chi connectivity index (χ0) is 14.1. The number of nitrogens with zero attached hydrogens (tertiary/aromatic N) is 6. The van der Waals surface area contributed by atoms with E-state index in [4.69, 9.17) is 11.6 Å². The number of aryl methyl sites for hydroxylation is 4. The molecule has 20 heavy (non-hydrogen) atoms. The van der Waals surface area contributed by atoms with Crippen LogP contribution in [0, 0.1) is 6.92 Å². The molecule has 3 rings (SSSR count). The predicted molar refractivity (Wildman–Crippen MR) is 76.5 cm³/mol. The van der Waals surface area contributed by atoms with Gasteiger partial charge in [-0.2, -0.15) is 5.10 Å². The van der Waals surface area contributed by atoms with Crippen molar-refractivity contribution in [1.29, 1.82) is 0 Å². The fraction of sp³-hybridized carbons (Fsp3) is 0.385. The van der Waals surface area contributed by atoms with Crippen LogP contribution in [0.3, 0.4) is 0 Å². The molecule has 0 unspecified atom stereocenters. The molecule has 3 aromatic heterocycles. The van der Waals surface area contributed by atoms with Gasteiger partial charge in [0.1, 0.15) is 17.7 Å². The highest BCUT2D eigenvalue weighted by atomic mass is 35.5. The standard InChI is InChI=1S/C13H15ClN6/c1-9-5-10-13(15-7-9)20(12(6-14)17-10)4-3-11-16-8-19(2)18-11/h5,7-8H,3-4,6H2,1-2H3. The van der Waals surface area contributed by atoms with Gasteiger partial charge in [-0.15, -0.1) is 11.6 Å². The second-order valence-electron chi connectivity index (χ2n) is 4.75. The summed E-state index contributed by atoms with van der Waals surface area (Å²) in [5.74, 6) is 2.00. The Hall–Kier alpha value is -1.95. The zero-order valence-electron chi connectivity index (χ0n) is 11.4. The average molecular weight is 291 g/mol. The van der Waals surface area contributed by atoms with E-state index in [1.807, 2.05) is 30.8 Å². The quantitative estimate of drug-likeness (QED) is 0.688. The Morgan fingerprint density at radius 1 is 1.30 bits per heavy atom. The van der Waals surface area contributed by atoms with Crippen molar-refractivity contribution < 1.29 is 0 Å². The molecule has 0 fully saturated rings. The van der Waals surface area contributed by atoms with Gasteiger partial charge in [-0.05, 0) is 18.6 Å². The Labute approximate surface area is 121 Å². The lowest BCUT2D eigenvalue weighted by molar-refractivity contribution is 0.650. The Morgan fingerprint density at radius 3 is 2.85 bits per heavy atom. The highest BCUT2D eigenvalue weighted by molar-refractivity contribution is 6.16. The summed E-state index contributed by atoms with van der Waals surface area (Å²) >= 11 is 5.98. The molecule has 0 bridgehead atoms. The van der Waals surface area contributed by atoms with Gasteiger partial charge in [0.15, 0.2) is 11.5 Å². The van der Waals surface area contributed by atoms with E-state index in [0.717, 1.165) is 41.3 Å². The SMILES string of the molecule is Cc1cnc2c(c1)nc(CCl)n2CCc1ncn(C)n1. The van der Waals surface area contributed by atoms with Crippen molar-refractivity contribution in [2.75, 3.05) is 0 Å². The van der Waals surface area contributed by atoms with Crippen LogP contribution < -0.4 is 0 Å². The molecule has 6 nitrogen and oxygen atoms in total. The van der Waals surface area contributed by atoms with Crippen molar-refractivity contribution in [2.45, 2.75) is 25.8 Å². The largest absolute Gasteiger partial charge is 0.311 e. The maximum Gasteiger partial charge on any atom is 0.160 e. The number of alkyl halides is 1. The van der Waals surface area contributed by atoms with Gasteiger partial charge >= 0.3 is 0 Å². The minimum atomic E-state index is 0.366. The Bertz CT molecular complexity index is 744. The molecule has 0 aromatic carbocycles. The lowest BCUT2D eigenvalue weighted by Gasteiger charge is -2.05. The predicted octanol–water partition coefficient (Wildman–Crippen LogP) is 1.85. The van der Waals surface area contributed by atoms with E-state index in [2.05, 4.69) is 20.1 Å². The third kappa shape index (κ3) is 2.38. The molecule has 3 aromatic rings. The molecule has 104 valence electrons. The van der Waals surface area contributed by atoms with Crippen LogP contribution in [0.4, 0.5) is 0 Å². The highest BCUT2D eigenvalue weighted by Gasteiger charge is 2.12. The van der Waals surface area contributed by atoms with Crippen molar-refractivity contribution in [3.63, 3.8) is 0 Å². The first-order valence-electron chi connectivity index (χ1n) is 6.39. The van der Waals surface area contributed by atoms with Gasteiger partial charge in [0.2, 0.25) is 0 Å². The van der Waals surface area contributed by atoms with Crippen LogP contribution >= 0.6 is 11.6 Å². The monoisotopic (exact) mass is 290 g/mol. The molecule has 7 heteroatoms. The van der Waals surface area contributed by atoms with Gasteiger partial charge in [0, 0.05) is 26.2 Å². The molecular formula is C13H15ClN6. The maximum absolute atomic E-state index is 5.98. The number of hydrogen-bond donors (Lipinski definition) is 0. The molecule has 0 atom stereocenters. The van der Waals surface area contributed by atoms with Crippen molar-refractivity contribution in [2.24, 2.45) is 7.05 Å². The molecule has 0 amide bonds. The average Bonchev–Trinajstić information content (AvgIpc) is 2.99. The summed E-state index contributed by atoms with van der Waals surface area (Å²) in [5.41, 5.74) is 2.84. The fourth-order valence-electron chi connectivity index (χ4n) is 2.21. The van der Waals surface area contributed by atoms with Gasteiger partial charge in [-0.1, -0.05) is 0 Å². The van der Waals surface area contributed by atoms with Crippen molar-refractivity contribution in [3.8, 4) is 0 Å². The molecule has 0 radical (unpaired) electrons. The van der Waals surface area contributed by atoms with Gasteiger partial charge in [0.25, 0.3) is 0 Å². The summed E-state index contributed by atoms with van der Waals surface area (Å²) in [5, 5.41) is 4.28. The van der Waals surface area contributed by atoms with Crippen molar-refractivity contribution in [3.05, 3.63) is 35.8 Å². The van der Waals surface area contributed by atoms with Gasteiger partial charge in [-0.25, -0.2) is 15.0 Å². The summed E-state index contributed by atoms with van der Waals surface area (Å²) in [6, 6.07) is 2.02. The summed E-state index contributed by atoms with van der Waals surface area (Å²) in [7, 11) is 1.86. The second kappa shape index (κ2) is 5.20. The molecule has 0 spiro atoms. The van der Waals surface area contributed by atoms with Gasteiger partial charge in [0.05, 0.1) is 5.88 Å². The first-order chi connectivity index (χ1) is 9.67. The van der Waals surface area contributed by atoms with E-state index in [-0.39, 0.29) is 0 Å². The van der Waals surface area contributed by atoms with Crippen LogP contribution in [0.2, 0.25) is 0 Å². The molecule has 0 aliphatic heterocycles. The van der Waals surface area contributed by atoms with Gasteiger partial charge < -0.3 is 4.57 Å². The topological polar surface area (TPSA) is 61.4 Å². The van der Waals surface area contributed by atoms with E-state index in [0.29, 0.717) is 5.88 Å². The first kappa shape index (κ1) is 13.1. The zero-order valence-corrected chi connectivity index (χ0v) is 12.2. The number of hydrogen-bond acceptors (Lipinski definition) is 4. The van der Waals surface area contributed by atoms with Crippen molar-refractivity contribution in [1.82, 2.24) is 29.3 Å². The lowest BCUT2D eigenvalue weighted by atomic mass is 10.3. The van der Waals surface area contributed by atoms with Crippen LogP contribution in [0.5, 0.6) is 0 Å². The third-order valence-electron chi connectivity index (χ3n) is 3.13. The van der Waals surface area contributed by atoms with Gasteiger partial charge in [-0.3, -0.25) is 4.68 Å². The molecule has 0 saturated heterocycles. The number of halogens is 1. The molecular weight excluding hydrogens is 276 g/mol. The number of fused-ring (bicyclic) bond motifs is 1. The van der Waals surface area contributed by atoms with E-state index >= 15 is 0 Å². The smallest absolute Gasteiger partial charge is 0.160 e.